The van der Waals surface area contributed by atoms with Gasteiger partial charge in [-0.2, -0.15) is 0 Å². The molecule has 0 aliphatic carbocycles. The van der Waals surface area contributed by atoms with Gasteiger partial charge in [0.2, 0.25) is 0 Å². The largest absolute Gasteiger partial charge is 0.493 e. The summed E-state index contributed by atoms with van der Waals surface area (Å²) in [5.41, 5.74) is 1.50. The molecule has 0 spiro atoms. The summed E-state index contributed by atoms with van der Waals surface area (Å²) in [6.07, 6.45) is 0.867. The van der Waals surface area contributed by atoms with E-state index in [-0.39, 0.29) is 5.78 Å². The van der Waals surface area contributed by atoms with Crippen LogP contribution in [0.2, 0.25) is 5.02 Å². The number of hydrogen-bond donors (Lipinski definition) is 0. The Morgan fingerprint density at radius 2 is 1.81 bits per heavy atom. The SMILES string of the molecule is COc1ccc(C(=O)CCc2ccc(-c3cccc(Cl)c3)o2)cc1OC. The van der Waals surface area contributed by atoms with Gasteiger partial charge in [-0.1, -0.05) is 23.7 Å². The van der Waals surface area contributed by atoms with E-state index in [1.54, 1.807) is 32.4 Å². The van der Waals surface area contributed by atoms with E-state index in [1.165, 1.54) is 0 Å². The van der Waals surface area contributed by atoms with Gasteiger partial charge in [0.15, 0.2) is 17.3 Å². The molecule has 26 heavy (non-hydrogen) atoms. The summed E-state index contributed by atoms with van der Waals surface area (Å²) in [4.78, 5) is 12.5. The summed E-state index contributed by atoms with van der Waals surface area (Å²) >= 11 is 6.01. The van der Waals surface area contributed by atoms with Gasteiger partial charge in [-0.15, -0.1) is 0 Å². The summed E-state index contributed by atoms with van der Waals surface area (Å²) in [7, 11) is 3.11. The van der Waals surface area contributed by atoms with E-state index in [9.17, 15) is 4.79 Å². The number of benzene rings is 2. The second-order valence-corrected chi connectivity index (χ2v) is 6.21. The lowest BCUT2D eigenvalue weighted by Gasteiger charge is -2.08. The van der Waals surface area contributed by atoms with Crippen molar-refractivity contribution in [1.29, 1.82) is 0 Å². The van der Waals surface area contributed by atoms with Gasteiger partial charge in [0.1, 0.15) is 11.5 Å². The highest BCUT2D eigenvalue weighted by atomic mass is 35.5. The number of aryl methyl sites for hydroxylation is 1. The normalized spacial score (nSPS) is 10.6. The number of furan rings is 1. The third-order valence-corrected chi connectivity index (χ3v) is 4.31. The Hall–Kier alpha value is -2.72. The molecule has 0 aliphatic heterocycles. The van der Waals surface area contributed by atoms with E-state index in [4.69, 9.17) is 25.5 Å². The van der Waals surface area contributed by atoms with Crippen molar-refractivity contribution in [3.8, 4) is 22.8 Å². The van der Waals surface area contributed by atoms with Crippen molar-refractivity contribution in [2.24, 2.45) is 0 Å². The third kappa shape index (κ3) is 4.09. The number of halogens is 1. The topological polar surface area (TPSA) is 48.7 Å². The monoisotopic (exact) mass is 370 g/mol. The van der Waals surface area contributed by atoms with Crippen LogP contribution >= 0.6 is 11.6 Å². The zero-order valence-electron chi connectivity index (χ0n) is 14.6. The molecule has 0 saturated heterocycles. The Labute approximate surface area is 157 Å². The smallest absolute Gasteiger partial charge is 0.163 e. The Morgan fingerprint density at radius 3 is 2.54 bits per heavy atom. The fourth-order valence-electron chi connectivity index (χ4n) is 2.70. The number of methoxy groups -OCH3 is 2. The van der Waals surface area contributed by atoms with Crippen LogP contribution in [0.1, 0.15) is 22.5 Å². The molecule has 0 atom stereocenters. The molecule has 0 amide bonds. The number of carbonyl (C=O) groups excluding carboxylic acids is 1. The molecule has 3 aromatic rings. The molecule has 0 unspecified atom stereocenters. The molecule has 0 radical (unpaired) electrons. The van der Waals surface area contributed by atoms with E-state index in [2.05, 4.69) is 0 Å². The number of Topliss-reactive ketones (excluding diaryl/α,β-unsaturated/α-hetero) is 1. The molecule has 134 valence electrons. The van der Waals surface area contributed by atoms with Crippen LogP contribution in [0, 0.1) is 0 Å². The van der Waals surface area contributed by atoms with Gasteiger partial charge in [-0.25, -0.2) is 0 Å². The first kappa shape index (κ1) is 18.1. The van der Waals surface area contributed by atoms with E-state index in [0.717, 1.165) is 17.1 Å². The number of rotatable bonds is 7. The molecule has 1 heterocycles. The molecule has 0 saturated carbocycles. The third-order valence-electron chi connectivity index (χ3n) is 4.07. The number of ether oxygens (including phenoxy) is 2. The number of ketones is 1. The fourth-order valence-corrected chi connectivity index (χ4v) is 2.89. The Morgan fingerprint density at radius 1 is 1.00 bits per heavy atom. The predicted octanol–water partition coefficient (Wildman–Crippen LogP) is 5.43. The highest BCUT2D eigenvalue weighted by molar-refractivity contribution is 6.30. The standard InChI is InChI=1S/C21H19ClO4/c1-24-20-10-6-14(13-21(20)25-2)18(23)9-7-17-8-11-19(26-17)15-4-3-5-16(22)12-15/h3-6,8,10-13H,7,9H2,1-2H3. The Balaban J connectivity index is 1.67. The molecule has 0 fully saturated rings. The average Bonchev–Trinajstić information content (AvgIpc) is 3.14. The lowest BCUT2D eigenvalue weighted by molar-refractivity contribution is 0.0980. The maximum Gasteiger partial charge on any atom is 0.163 e. The summed E-state index contributed by atoms with van der Waals surface area (Å²) < 4.78 is 16.3. The summed E-state index contributed by atoms with van der Waals surface area (Å²) in [6, 6.07) is 16.4. The summed E-state index contributed by atoms with van der Waals surface area (Å²) in [5, 5.41) is 0.657. The van der Waals surface area contributed by atoms with Crippen molar-refractivity contribution in [3.63, 3.8) is 0 Å². The second-order valence-electron chi connectivity index (χ2n) is 5.77. The lowest BCUT2D eigenvalue weighted by atomic mass is 10.1. The van der Waals surface area contributed by atoms with Crippen molar-refractivity contribution < 1.29 is 18.7 Å². The average molecular weight is 371 g/mol. The minimum Gasteiger partial charge on any atom is -0.493 e. The van der Waals surface area contributed by atoms with Crippen LogP contribution in [0.25, 0.3) is 11.3 Å². The van der Waals surface area contributed by atoms with Crippen LogP contribution in [-0.4, -0.2) is 20.0 Å². The first-order chi connectivity index (χ1) is 12.6. The van der Waals surface area contributed by atoms with Crippen molar-refractivity contribution in [1.82, 2.24) is 0 Å². The lowest BCUT2D eigenvalue weighted by Crippen LogP contribution is -2.02. The maximum atomic E-state index is 12.5. The van der Waals surface area contributed by atoms with E-state index >= 15 is 0 Å². The molecule has 0 bridgehead atoms. The first-order valence-corrected chi connectivity index (χ1v) is 8.58. The highest BCUT2D eigenvalue weighted by Crippen LogP contribution is 2.29. The quantitative estimate of drug-likeness (QED) is 0.520. The van der Waals surface area contributed by atoms with Crippen LogP contribution in [0.3, 0.4) is 0 Å². The molecular weight excluding hydrogens is 352 g/mol. The molecule has 0 N–H and O–H groups in total. The minimum atomic E-state index is 0.0201. The molecule has 5 heteroatoms. The molecular formula is C21H19ClO4. The van der Waals surface area contributed by atoms with E-state index < -0.39 is 0 Å². The van der Waals surface area contributed by atoms with Gasteiger partial charge in [0.25, 0.3) is 0 Å². The van der Waals surface area contributed by atoms with Gasteiger partial charge in [-0.05, 0) is 42.5 Å². The zero-order chi connectivity index (χ0) is 18.5. The maximum absolute atomic E-state index is 12.5. The van der Waals surface area contributed by atoms with Crippen LogP contribution in [0.4, 0.5) is 0 Å². The van der Waals surface area contributed by atoms with Crippen LogP contribution < -0.4 is 9.47 Å². The van der Waals surface area contributed by atoms with Gasteiger partial charge in [-0.3, -0.25) is 4.79 Å². The molecule has 1 aromatic heterocycles. The van der Waals surface area contributed by atoms with Crippen LogP contribution in [0.15, 0.2) is 59.0 Å². The molecule has 2 aromatic carbocycles. The Bertz CT molecular complexity index is 914. The van der Waals surface area contributed by atoms with Crippen molar-refractivity contribution in [2.45, 2.75) is 12.8 Å². The first-order valence-electron chi connectivity index (χ1n) is 8.20. The van der Waals surface area contributed by atoms with Crippen LogP contribution in [0.5, 0.6) is 11.5 Å². The van der Waals surface area contributed by atoms with Crippen LogP contribution in [-0.2, 0) is 6.42 Å². The van der Waals surface area contributed by atoms with Gasteiger partial charge in [0, 0.05) is 29.0 Å². The number of carbonyl (C=O) groups is 1. The zero-order valence-corrected chi connectivity index (χ0v) is 15.4. The summed E-state index contributed by atoms with van der Waals surface area (Å²) in [6.45, 7) is 0. The van der Waals surface area contributed by atoms with E-state index in [0.29, 0.717) is 34.9 Å². The summed E-state index contributed by atoms with van der Waals surface area (Å²) in [5.74, 6) is 2.65. The second kappa shape index (κ2) is 8.11. The minimum absolute atomic E-state index is 0.0201. The Kier molecular flexibility index (Phi) is 5.64. The molecule has 4 nitrogen and oxygen atoms in total. The fraction of sp³-hybridized carbons (Fsp3) is 0.190. The van der Waals surface area contributed by atoms with Crippen molar-refractivity contribution in [2.75, 3.05) is 14.2 Å². The van der Waals surface area contributed by atoms with Gasteiger partial charge >= 0.3 is 0 Å². The highest BCUT2D eigenvalue weighted by Gasteiger charge is 2.12. The molecule has 0 aliphatic rings. The van der Waals surface area contributed by atoms with Crippen molar-refractivity contribution in [3.05, 3.63) is 70.9 Å². The van der Waals surface area contributed by atoms with Gasteiger partial charge in [0.05, 0.1) is 14.2 Å². The van der Waals surface area contributed by atoms with E-state index in [1.807, 2.05) is 36.4 Å². The van der Waals surface area contributed by atoms with Crippen molar-refractivity contribution >= 4 is 17.4 Å². The predicted molar refractivity (Wildman–Crippen MR) is 101 cm³/mol. The van der Waals surface area contributed by atoms with Gasteiger partial charge < -0.3 is 13.9 Å². The number of hydrogen-bond acceptors (Lipinski definition) is 4. The molecule has 3 rings (SSSR count).